The number of nitrogens with two attached hydrogens (primary N) is 1. The Morgan fingerprint density at radius 3 is 2.74 bits per heavy atom. The highest BCUT2D eigenvalue weighted by Crippen LogP contribution is 2.54. The average molecular weight is 456 g/mol. The molecule has 2 N–H and O–H groups in total. The average Bonchev–Trinajstić information content (AvgIpc) is 3.47. The summed E-state index contributed by atoms with van der Waals surface area (Å²) in [6.45, 7) is 0.558. The monoisotopic (exact) mass is 455 g/mol. The van der Waals surface area contributed by atoms with Gasteiger partial charge in [-0.1, -0.05) is 23.7 Å². The number of ketones is 1. The van der Waals surface area contributed by atoms with Gasteiger partial charge < -0.3 is 10.5 Å². The standard InChI is InChI=1S/C21H18ClF4N3O2/c1-10-4-12(21(24,25)26)8-28-18(10)16(30)6-11-2-3-15(22)13(5-11)20(9-23)14-7-17(14)31-19(27)29-20/h2-5,8,14,17H,6-7,9H2,1H3,(H2,27,29)/t14-,17+,20+/m0/s1. The summed E-state index contributed by atoms with van der Waals surface area (Å²) in [6, 6.07) is 5.52. The number of aliphatic imine (C=N–C) groups is 1. The van der Waals surface area contributed by atoms with Crippen LogP contribution in [0.15, 0.2) is 35.5 Å². The van der Waals surface area contributed by atoms with Crippen LogP contribution in [0.1, 0.15) is 39.2 Å². The van der Waals surface area contributed by atoms with Crippen molar-refractivity contribution in [1.82, 2.24) is 4.98 Å². The number of aromatic nitrogens is 1. The number of nitrogens with zero attached hydrogens (tertiary/aromatic N) is 2. The van der Waals surface area contributed by atoms with Crippen molar-refractivity contribution in [3.05, 3.63) is 63.4 Å². The maximum atomic E-state index is 14.3. The lowest BCUT2D eigenvalue weighted by Crippen LogP contribution is -2.39. The van der Waals surface area contributed by atoms with Gasteiger partial charge in [-0.3, -0.25) is 9.78 Å². The molecule has 0 radical (unpaired) electrons. The number of benzene rings is 1. The van der Waals surface area contributed by atoms with E-state index in [2.05, 4.69) is 9.98 Å². The number of Topliss-reactive ketones (excluding diaryl/α,β-unsaturated/α-hetero) is 1. The second kappa shape index (κ2) is 7.47. The zero-order valence-electron chi connectivity index (χ0n) is 16.3. The predicted molar refractivity (Wildman–Crippen MR) is 106 cm³/mol. The van der Waals surface area contributed by atoms with Crippen molar-refractivity contribution < 1.29 is 27.1 Å². The molecule has 0 bridgehead atoms. The Hall–Kier alpha value is -2.68. The normalized spacial score (nSPS) is 24.8. The van der Waals surface area contributed by atoms with Crippen LogP contribution in [0.4, 0.5) is 17.6 Å². The van der Waals surface area contributed by atoms with E-state index in [1.54, 1.807) is 18.2 Å². The molecule has 31 heavy (non-hydrogen) atoms. The number of ether oxygens (including phenoxy) is 1. The molecule has 3 atom stereocenters. The SMILES string of the molecule is Cc1cc(C(F)(F)F)cnc1C(=O)Cc1ccc(Cl)c([C@@]2(CF)N=C(N)O[C@@H]3C[C@@H]32)c1. The zero-order chi connectivity index (χ0) is 22.6. The molecule has 1 fully saturated rings. The molecule has 2 aromatic rings. The van der Waals surface area contributed by atoms with Crippen molar-refractivity contribution in [1.29, 1.82) is 0 Å². The number of halogens is 5. The highest BCUT2D eigenvalue weighted by atomic mass is 35.5. The third kappa shape index (κ3) is 3.86. The van der Waals surface area contributed by atoms with Crippen molar-refractivity contribution >= 4 is 23.4 Å². The van der Waals surface area contributed by atoms with Gasteiger partial charge in [-0.05, 0) is 36.6 Å². The van der Waals surface area contributed by atoms with Gasteiger partial charge in [-0.2, -0.15) is 13.2 Å². The number of hydrogen-bond acceptors (Lipinski definition) is 5. The van der Waals surface area contributed by atoms with Crippen LogP contribution < -0.4 is 5.73 Å². The van der Waals surface area contributed by atoms with Crippen LogP contribution >= 0.6 is 11.6 Å². The second-order valence-electron chi connectivity index (χ2n) is 7.81. The molecule has 1 aromatic heterocycles. The van der Waals surface area contributed by atoms with Crippen LogP contribution in [-0.4, -0.2) is 29.6 Å². The lowest BCUT2D eigenvalue weighted by molar-refractivity contribution is -0.137. The van der Waals surface area contributed by atoms with E-state index in [1.165, 1.54) is 6.92 Å². The van der Waals surface area contributed by atoms with Crippen molar-refractivity contribution in [3.8, 4) is 0 Å². The van der Waals surface area contributed by atoms with Crippen LogP contribution in [0.3, 0.4) is 0 Å². The molecule has 5 nitrogen and oxygen atoms in total. The van der Waals surface area contributed by atoms with Gasteiger partial charge in [0.1, 0.15) is 24.0 Å². The van der Waals surface area contributed by atoms with Gasteiger partial charge in [0.15, 0.2) is 5.78 Å². The van der Waals surface area contributed by atoms with E-state index in [-0.39, 0.29) is 40.7 Å². The Bertz CT molecular complexity index is 1090. The van der Waals surface area contributed by atoms with Crippen LogP contribution in [0.25, 0.3) is 0 Å². The van der Waals surface area contributed by atoms with Gasteiger partial charge in [0.2, 0.25) is 0 Å². The zero-order valence-corrected chi connectivity index (χ0v) is 17.1. The van der Waals surface area contributed by atoms with E-state index < -0.39 is 29.7 Å². The minimum Gasteiger partial charge on any atom is -0.462 e. The first-order chi connectivity index (χ1) is 14.5. The van der Waals surface area contributed by atoms with Gasteiger partial charge in [0, 0.05) is 29.1 Å². The molecule has 2 heterocycles. The highest BCUT2D eigenvalue weighted by Gasteiger charge is 2.59. The first kappa shape index (κ1) is 21.5. The summed E-state index contributed by atoms with van der Waals surface area (Å²) >= 11 is 6.35. The lowest BCUT2D eigenvalue weighted by atomic mass is 9.84. The van der Waals surface area contributed by atoms with Crippen molar-refractivity contribution in [2.45, 2.75) is 37.6 Å². The minimum absolute atomic E-state index is 0.0553. The van der Waals surface area contributed by atoms with E-state index in [0.717, 1.165) is 6.07 Å². The Morgan fingerprint density at radius 2 is 2.10 bits per heavy atom. The maximum absolute atomic E-state index is 14.3. The quantitative estimate of drug-likeness (QED) is 0.536. The van der Waals surface area contributed by atoms with Gasteiger partial charge in [0.05, 0.1) is 5.56 Å². The first-order valence-electron chi connectivity index (χ1n) is 9.49. The van der Waals surface area contributed by atoms with Crippen molar-refractivity contribution in [2.75, 3.05) is 6.67 Å². The Balaban J connectivity index is 1.64. The lowest BCUT2D eigenvalue weighted by Gasteiger charge is -2.32. The van der Waals surface area contributed by atoms with E-state index in [9.17, 15) is 22.4 Å². The second-order valence-corrected chi connectivity index (χ2v) is 8.22. The molecule has 164 valence electrons. The van der Waals surface area contributed by atoms with Gasteiger partial charge in [-0.25, -0.2) is 9.38 Å². The smallest absolute Gasteiger partial charge is 0.417 e. The van der Waals surface area contributed by atoms with Crippen molar-refractivity contribution in [2.24, 2.45) is 16.6 Å². The molecule has 0 unspecified atom stereocenters. The summed E-state index contributed by atoms with van der Waals surface area (Å²) in [6.07, 6.45) is -3.69. The number of pyridine rings is 1. The maximum Gasteiger partial charge on any atom is 0.417 e. The summed E-state index contributed by atoms with van der Waals surface area (Å²) in [4.78, 5) is 20.7. The van der Waals surface area contributed by atoms with Crippen molar-refractivity contribution in [3.63, 3.8) is 0 Å². The van der Waals surface area contributed by atoms with Gasteiger partial charge in [-0.15, -0.1) is 0 Å². The summed E-state index contributed by atoms with van der Waals surface area (Å²) in [5, 5.41) is 0.279. The minimum atomic E-state index is -4.54. The number of carbonyl (C=O) groups excluding carboxylic acids is 1. The first-order valence-corrected chi connectivity index (χ1v) is 9.87. The molecule has 1 saturated carbocycles. The van der Waals surface area contributed by atoms with Crippen LogP contribution in [0, 0.1) is 12.8 Å². The number of fused-ring (bicyclic) bond motifs is 1. The number of amidine groups is 1. The number of alkyl halides is 4. The summed E-state index contributed by atoms with van der Waals surface area (Å²) in [5.41, 5.74) is 4.49. The fourth-order valence-electron chi connectivity index (χ4n) is 4.03. The third-order valence-corrected chi connectivity index (χ3v) is 5.99. The molecule has 1 aliphatic heterocycles. The molecular formula is C21H18ClF4N3O2. The number of carbonyl (C=O) groups is 1. The molecule has 1 aliphatic carbocycles. The number of hydrogen-bond donors (Lipinski definition) is 1. The molecule has 10 heteroatoms. The molecular weight excluding hydrogens is 438 g/mol. The van der Waals surface area contributed by atoms with Gasteiger partial charge in [0.25, 0.3) is 6.02 Å². The Kier molecular flexibility index (Phi) is 5.20. The van der Waals surface area contributed by atoms with E-state index >= 15 is 0 Å². The van der Waals surface area contributed by atoms with E-state index in [0.29, 0.717) is 23.7 Å². The topological polar surface area (TPSA) is 77.6 Å². The molecule has 1 aromatic carbocycles. The highest BCUT2D eigenvalue weighted by molar-refractivity contribution is 6.31. The van der Waals surface area contributed by atoms with E-state index in [1.807, 2.05) is 0 Å². The Morgan fingerprint density at radius 1 is 1.35 bits per heavy atom. The summed E-state index contributed by atoms with van der Waals surface area (Å²) in [7, 11) is 0. The number of rotatable bonds is 5. The third-order valence-electron chi connectivity index (χ3n) is 5.66. The van der Waals surface area contributed by atoms with Gasteiger partial charge >= 0.3 is 6.18 Å². The summed E-state index contributed by atoms with van der Waals surface area (Å²) < 4.78 is 58.1. The fraction of sp³-hybridized carbons (Fsp3) is 0.381. The van der Waals surface area contributed by atoms with E-state index in [4.69, 9.17) is 22.1 Å². The predicted octanol–water partition coefficient (Wildman–Crippen LogP) is 4.39. The molecule has 2 aliphatic rings. The van der Waals surface area contributed by atoms with Crippen LogP contribution in [0.2, 0.25) is 5.02 Å². The largest absolute Gasteiger partial charge is 0.462 e. The molecule has 0 spiro atoms. The molecule has 4 rings (SSSR count). The Labute approximate surface area is 180 Å². The molecule has 0 saturated heterocycles. The molecule has 0 amide bonds. The number of aryl methyl sites for hydroxylation is 1. The van der Waals surface area contributed by atoms with Crippen LogP contribution in [0.5, 0.6) is 0 Å². The summed E-state index contributed by atoms with van der Waals surface area (Å²) in [5.74, 6) is -0.680. The fourth-order valence-corrected chi connectivity index (χ4v) is 4.31. The van der Waals surface area contributed by atoms with Crippen LogP contribution in [-0.2, 0) is 22.9 Å².